The van der Waals surface area contributed by atoms with Gasteiger partial charge in [0.15, 0.2) is 5.82 Å². The van der Waals surface area contributed by atoms with Crippen LogP contribution in [0.5, 0.6) is 0 Å². The highest BCUT2D eigenvalue weighted by atomic mass is 19.1. The topological polar surface area (TPSA) is 43.8 Å². The number of hydrogen-bond donors (Lipinski definition) is 1. The minimum atomic E-state index is -0.473. The minimum Gasteiger partial charge on any atom is -0.399 e. The SMILES string of the molecule is Cn1c(-c2ccc(N)cc2F)nc2c(F)cccc21. The van der Waals surface area contributed by atoms with Gasteiger partial charge in [0.05, 0.1) is 11.1 Å². The number of aryl methyl sites for hydroxylation is 1. The zero-order valence-corrected chi connectivity index (χ0v) is 10.2. The maximum Gasteiger partial charge on any atom is 0.151 e. The Hall–Kier alpha value is -2.43. The molecule has 0 saturated heterocycles. The number of aromatic nitrogens is 2. The van der Waals surface area contributed by atoms with Crippen LogP contribution in [0.3, 0.4) is 0 Å². The van der Waals surface area contributed by atoms with Gasteiger partial charge in [-0.25, -0.2) is 13.8 Å². The second-order valence-corrected chi connectivity index (χ2v) is 4.34. The highest BCUT2D eigenvalue weighted by Crippen LogP contribution is 2.27. The normalized spacial score (nSPS) is 11.1. The lowest BCUT2D eigenvalue weighted by molar-refractivity contribution is 0.629. The van der Waals surface area contributed by atoms with Gasteiger partial charge in [0, 0.05) is 12.7 Å². The number of nitrogen functional groups attached to an aromatic ring is 1. The fourth-order valence-electron chi connectivity index (χ4n) is 2.13. The van der Waals surface area contributed by atoms with Gasteiger partial charge in [-0.15, -0.1) is 0 Å². The summed E-state index contributed by atoms with van der Waals surface area (Å²) in [6.45, 7) is 0. The summed E-state index contributed by atoms with van der Waals surface area (Å²) in [6.07, 6.45) is 0. The molecule has 0 fully saturated rings. The Morgan fingerprint density at radius 3 is 2.58 bits per heavy atom. The summed E-state index contributed by atoms with van der Waals surface area (Å²) in [5.74, 6) is -0.522. The Balaban J connectivity index is 2.31. The maximum absolute atomic E-state index is 13.9. The van der Waals surface area contributed by atoms with E-state index in [4.69, 9.17) is 5.73 Å². The largest absolute Gasteiger partial charge is 0.399 e. The lowest BCUT2D eigenvalue weighted by atomic mass is 10.2. The van der Waals surface area contributed by atoms with Crippen molar-refractivity contribution in [3.05, 3.63) is 48.0 Å². The Labute approximate surface area is 108 Å². The van der Waals surface area contributed by atoms with E-state index in [9.17, 15) is 8.78 Å². The van der Waals surface area contributed by atoms with Crippen LogP contribution in [0.25, 0.3) is 22.4 Å². The fourth-order valence-corrected chi connectivity index (χ4v) is 2.13. The van der Waals surface area contributed by atoms with Crippen molar-refractivity contribution in [2.45, 2.75) is 0 Å². The molecule has 0 aliphatic heterocycles. The quantitative estimate of drug-likeness (QED) is 0.682. The van der Waals surface area contributed by atoms with Crippen molar-refractivity contribution in [2.24, 2.45) is 7.05 Å². The molecule has 3 rings (SSSR count). The highest BCUT2D eigenvalue weighted by Gasteiger charge is 2.15. The van der Waals surface area contributed by atoms with Crippen molar-refractivity contribution in [3.8, 4) is 11.4 Å². The molecule has 1 aromatic heterocycles. The molecule has 2 aromatic carbocycles. The number of halogens is 2. The second kappa shape index (κ2) is 4.05. The summed E-state index contributed by atoms with van der Waals surface area (Å²) >= 11 is 0. The van der Waals surface area contributed by atoms with E-state index in [1.807, 2.05) is 0 Å². The molecule has 0 atom stereocenters. The van der Waals surface area contributed by atoms with E-state index in [2.05, 4.69) is 4.98 Å². The van der Waals surface area contributed by atoms with Gasteiger partial charge in [0.25, 0.3) is 0 Å². The molecule has 0 bridgehead atoms. The molecule has 5 heteroatoms. The van der Waals surface area contributed by atoms with Gasteiger partial charge in [-0.1, -0.05) is 6.07 Å². The third kappa shape index (κ3) is 1.74. The number of para-hydroxylation sites is 1. The van der Waals surface area contributed by atoms with Crippen molar-refractivity contribution in [2.75, 3.05) is 5.73 Å². The number of imidazole rings is 1. The van der Waals surface area contributed by atoms with Crippen LogP contribution in [0.15, 0.2) is 36.4 Å². The van der Waals surface area contributed by atoms with Crippen molar-refractivity contribution in [3.63, 3.8) is 0 Å². The third-order valence-corrected chi connectivity index (χ3v) is 3.10. The van der Waals surface area contributed by atoms with Gasteiger partial charge in [-0.05, 0) is 30.3 Å². The molecule has 3 nitrogen and oxygen atoms in total. The van der Waals surface area contributed by atoms with Crippen molar-refractivity contribution in [1.82, 2.24) is 9.55 Å². The number of benzene rings is 2. The lowest BCUT2D eigenvalue weighted by Crippen LogP contribution is -1.96. The zero-order valence-electron chi connectivity index (χ0n) is 10.2. The maximum atomic E-state index is 13.9. The van der Waals surface area contributed by atoms with E-state index >= 15 is 0 Å². The smallest absolute Gasteiger partial charge is 0.151 e. The third-order valence-electron chi connectivity index (χ3n) is 3.10. The average Bonchev–Trinajstić information content (AvgIpc) is 2.69. The van der Waals surface area contributed by atoms with E-state index in [0.717, 1.165) is 0 Å². The van der Waals surface area contributed by atoms with E-state index in [0.29, 0.717) is 22.6 Å². The van der Waals surface area contributed by atoms with E-state index < -0.39 is 11.6 Å². The molecule has 1 heterocycles. The second-order valence-electron chi connectivity index (χ2n) is 4.34. The van der Waals surface area contributed by atoms with Gasteiger partial charge in [-0.2, -0.15) is 0 Å². The summed E-state index contributed by atoms with van der Waals surface area (Å²) in [5.41, 5.74) is 7.00. The number of nitrogens with zero attached hydrogens (tertiary/aromatic N) is 2. The van der Waals surface area contributed by atoms with Crippen molar-refractivity contribution < 1.29 is 8.78 Å². The zero-order chi connectivity index (χ0) is 13.6. The van der Waals surface area contributed by atoms with E-state index in [1.54, 1.807) is 35.9 Å². The molecule has 2 N–H and O–H groups in total. The summed E-state index contributed by atoms with van der Waals surface area (Å²) < 4.78 is 29.2. The molecule has 96 valence electrons. The first-order chi connectivity index (χ1) is 9.08. The molecule has 0 unspecified atom stereocenters. The van der Waals surface area contributed by atoms with Crippen LogP contribution in [-0.2, 0) is 7.05 Å². The summed E-state index contributed by atoms with van der Waals surface area (Å²) in [6, 6.07) is 9.04. The molecule has 0 saturated carbocycles. The van der Waals surface area contributed by atoms with Gasteiger partial charge >= 0.3 is 0 Å². The van der Waals surface area contributed by atoms with Gasteiger partial charge < -0.3 is 10.3 Å². The number of anilines is 1. The summed E-state index contributed by atoms with van der Waals surface area (Å²) in [4.78, 5) is 4.18. The summed E-state index contributed by atoms with van der Waals surface area (Å²) in [7, 11) is 1.72. The first-order valence-corrected chi connectivity index (χ1v) is 5.74. The number of fused-ring (bicyclic) bond motifs is 1. The van der Waals surface area contributed by atoms with Crippen LogP contribution < -0.4 is 5.73 Å². The van der Waals surface area contributed by atoms with Crippen LogP contribution in [0.1, 0.15) is 0 Å². The van der Waals surface area contributed by atoms with Crippen LogP contribution in [-0.4, -0.2) is 9.55 Å². The van der Waals surface area contributed by atoms with E-state index in [1.165, 1.54) is 12.1 Å². The molecule has 19 heavy (non-hydrogen) atoms. The van der Waals surface area contributed by atoms with Crippen LogP contribution in [0.2, 0.25) is 0 Å². The van der Waals surface area contributed by atoms with Gasteiger partial charge in [0.1, 0.15) is 17.2 Å². The first-order valence-electron chi connectivity index (χ1n) is 5.74. The molecular weight excluding hydrogens is 248 g/mol. The fraction of sp³-hybridized carbons (Fsp3) is 0.0714. The number of nitrogens with two attached hydrogens (primary N) is 1. The predicted molar refractivity (Wildman–Crippen MR) is 70.5 cm³/mol. The molecule has 0 radical (unpaired) electrons. The number of hydrogen-bond acceptors (Lipinski definition) is 2. The van der Waals surface area contributed by atoms with E-state index in [-0.39, 0.29) is 5.52 Å². The Bertz CT molecular complexity index is 778. The predicted octanol–water partition coefficient (Wildman–Crippen LogP) is 3.10. The Morgan fingerprint density at radius 1 is 1.11 bits per heavy atom. The molecule has 0 aliphatic carbocycles. The average molecular weight is 259 g/mol. The first kappa shape index (κ1) is 11.6. The standard InChI is InChI=1S/C14H11F2N3/c1-19-12-4-2-3-10(15)13(12)18-14(19)9-6-5-8(17)7-11(9)16/h2-7H,17H2,1H3. The van der Waals surface area contributed by atoms with Crippen LogP contribution in [0, 0.1) is 11.6 Å². The molecule has 3 aromatic rings. The lowest BCUT2D eigenvalue weighted by Gasteiger charge is -2.04. The highest BCUT2D eigenvalue weighted by molar-refractivity contribution is 5.81. The van der Waals surface area contributed by atoms with Crippen molar-refractivity contribution in [1.29, 1.82) is 0 Å². The van der Waals surface area contributed by atoms with Crippen molar-refractivity contribution >= 4 is 16.7 Å². The monoisotopic (exact) mass is 259 g/mol. The van der Waals surface area contributed by atoms with Gasteiger partial charge in [-0.3, -0.25) is 0 Å². The molecule has 0 spiro atoms. The molecule has 0 amide bonds. The molecular formula is C14H11F2N3. The Morgan fingerprint density at radius 2 is 1.89 bits per heavy atom. The van der Waals surface area contributed by atoms with Crippen LogP contribution in [0.4, 0.5) is 14.5 Å². The Kier molecular flexibility index (Phi) is 2.48. The number of rotatable bonds is 1. The van der Waals surface area contributed by atoms with Crippen LogP contribution >= 0.6 is 0 Å². The minimum absolute atomic E-state index is 0.233. The van der Waals surface area contributed by atoms with Gasteiger partial charge in [0.2, 0.25) is 0 Å². The summed E-state index contributed by atoms with van der Waals surface area (Å²) in [5, 5.41) is 0. The molecule has 0 aliphatic rings.